The number of hydrogen-bond donors (Lipinski definition) is 2. The summed E-state index contributed by atoms with van der Waals surface area (Å²) in [5.41, 5.74) is 0. The zero-order chi connectivity index (χ0) is 9.84. The largest absolute Gasteiger partial charge is 0.461 e. The summed E-state index contributed by atoms with van der Waals surface area (Å²) in [5, 5.41) is 17.2. The minimum Gasteiger partial charge on any atom is -0.461 e. The van der Waals surface area contributed by atoms with Crippen LogP contribution >= 0.6 is 0 Å². The van der Waals surface area contributed by atoms with Crippen molar-refractivity contribution in [1.82, 2.24) is 0 Å². The Hall–Kier alpha value is -1.46. The number of hydrogen-bond acceptors (Lipinski definition) is 5. The van der Waals surface area contributed by atoms with Crippen molar-refractivity contribution >= 4 is 11.6 Å². The monoisotopic (exact) mass is 184 g/mol. The van der Waals surface area contributed by atoms with Gasteiger partial charge in [0.25, 0.3) is 5.78 Å². The number of aliphatic hydroxyl groups excluding tert-OH is 2. The fourth-order valence-corrected chi connectivity index (χ4v) is 0.763. The van der Waals surface area contributed by atoms with E-state index in [0.717, 1.165) is 0 Å². The van der Waals surface area contributed by atoms with E-state index in [1.807, 2.05) is 0 Å². The fraction of sp³-hybridized carbons (Fsp3) is 0.250. The lowest BCUT2D eigenvalue weighted by atomic mass is 10.1. The van der Waals surface area contributed by atoms with Gasteiger partial charge >= 0.3 is 0 Å². The average molecular weight is 184 g/mol. The molecule has 1 heterocycles. The molecular weight excluding hydrogens is 176 g/mol. The first-order chi connectivity index (χ1) is 6.16. The molecule has 5 nitrogen and oxygen atoms in total. The lowest BCUT2D eigenvalue weighted by Gasteiger charge is -2.01. The van der Waals surface area contributed by atoms with Gasteiger partial charge in [0.05, 0.1) is 12.9 Å². The Labute approximate surface area is 73.6 Å². The summed E-state index contributed by atoms with van der Waals surface area (Å²) in [6.45, 7) is -0.773. The van der Waals surface area contributed by atoms with Gasteiger partial charge < -0.3 is 14.6 Å². The van der Waals surface area contributed by atoms with E-state index in [9.17, 15) is 9.59 Å². The molecule has 0 bridgehead atoms. The summed E-state index contributed by atoms with van der Waals surface area (Å²) in [6.07, 6.45) is -0.427. The average Bonchev–Trinajstić information content (AvgIpc) is 2.67. The van der Waals surface area contributed by atoms with Crippen LogP contribution in [0.3, 0.4) is 0 Å². The van der Waals surface area contributed by atoms with Crippen LogP contribution in [-0.4, -0.2) is 34.5 Å². The van der Waals surface area contributed by atoms with Gasteiger partial charge in [-0.05, 0) is 12.1 Å². The smallest absolute Gasteiger partial charge is 0.266 e. The van der Waals surface area contributed by atoms with Gasteiger partial charge in [-0.15, -0.1) is 0 Å². The van der Waals surface area contributed by atoms with Gasteiger partial charge in [0, 0.05) is 0 Å². The number of carbonyl (C=O) groups excluding carboxylic acids is 2. The van der Waals surface area contributed by atoms with Crippen LogP contribution in [-0.2, 0) is 4.79 Å². The van der Waals surface area contributed by atoms with Crippen LogP contribution in [0.1, 0.15) is 10.6 Å². The molecule has 0 spiro atoms. The molecule has 2 N–H and O–H groups in total. The Morgan fingerprint density at radius 3 is 2.69 bits per heavy atom. The Balaban J connectivity index is 2.75. The van der Waals surface area contributed by atoms with E-state index in [-0.39, 0.29) is 5.76 Å². The quantitative estimate of drug-likeness (QED) is 0.481. The lowest BCUT2D eigenvalue weighted by Crippen LogP contribution is -2.31. The Bertz CT molecular complexity index is 300. The molecule has 0 aromatic carbocycles. The number of ketones is 2. The Kier molecular flexibility index (Phi) is 2.94. The van der Waals surface area contributed by atoms with E-state index in [1.165, 1.54) is 18.4 Å². The third-order valence-electron chi connectivity index (χ3n) is 1.44. The Morgan fingerprint density at radius 1 is 1.54 bits per heavy atom. The molecule has 5 heteroatoms. The van der Waals surface area contributed by atoms with E-state index in [1.54, 1.807) is 0 Å². The maximum Gasteiger partial charge on any atom is 0.266 e. The molecule has 13 heavy (non-hydrogen) atoms. The predicted molar refractivity (Wildman–Crippen MR) is 41.1 cm³/mol. The van der Waals surface area contributed by atoms with Crippen LogP contribution in [0.25, 0.3) is 0 Å². The minimum absolute atomic E-state index is 0.141. The third kappa shape index (κ3) is 2.01. The highest BCUT2D eigenvalue weighted by atomic mass is 16.3. The van der Waals surface area contributed by atoms with Crippen molar-refractivity contribution in [1.29, 1.82) is 0 Å². The molecule has 0 radical (unpaired) electrons. The minimum atomic E-state index is -1.67. The van der Waals surface area contributed by atoms with Crippen molar-refractivity contribution in [2.75, 3.05) is 6.61 Å². The normalized spacial score (nSPS) is 12.5. The van der Waals surface area contributed by atoms with Crippen LogP contribution in [0.4, 0.5) is 0 Å². The summed E-state index contributed by atoms with van der Waals surface area (Å²) in [7, 11) is 0. The number of carbonyl (C=O) groups is 2. The second kappa shape index (κ2) is 3.97. The number of Topliss-reactive ketones (excluding diaryl/α,β-unsaturated/α-hetero) is 2. The van der Waals surface area contributed by atoms with Gasteiger partial charge in [0.15, 0.2) is 5.76 Å². The van der Waals surface area contributed by atoms with Crippen molar-refractivity contribution < 1.29 is 24.2 Å². The molecule has 1 rings (SSSR count). The van der Waals surface area contributed by atoms with Crippen molar-refractivity contribution in [2.24, 2.45) is 0 Å². The zero-order valence-electron chi connectivity index (χ0n) is 6.64. The molecule has 0 fully saturated rings. The van der Waals surface area contributed by atoms with E-state index in [2.05, 4.69) is 4.42 Å². The van der Waals surface area contributed by atoms with Crippen LogP contribution in [0, 0.1) is 0 Å². The fourth-order valence-electron chi connectivity index (χ4n) is 0.763. The van der Waals surface area contributed by atoms with Crippen molar-refractivity contribution in [2.45, 2.75) is 6.10 Å². The summed E-state index contributed by atoms with van der Waals surface area (Å²) in [4.78, 5) is 22.0. The first-order valence-electron chi connectivity index (χ1n) is 3.57. The molecule has 0 saturated heterocycles. The van der Waals surface area contributed by atoms with Gasteiger partial charge in [-0.2, -0.15) is 0 Å². The van der Waals surface area contributed by atoms with Gasteiger partial charge in [0.2, 0.25) is 5.78 Å². The van der Waals surface area contributed by atoms with Gasteiger partial charge in [-0.25, -0.2) is 0 Å². The molecule has 0 aliphatic carbocycles. The molecule has 0 aliphatic rings. The molecule has 70 valence electrons. The van der Waals surface area contributed by atoms with Gasteiger partial charge in [0.1, 0.15) is 6.10 Å². The Morgan fingerprint density at radius 2 is 2.23 bits per heavy atom. The van der Waals surface area contributed by atoms with E-state index < -0.39 is 24.3 Å². The zero-order valence-corrected chi connectivity index (χ0v) is 6.64. The highest BCUT2D eigenvalue weighted by molar-refractivity contribution is 6.44. The lowest BCUT2D eigenvalue weighted by molar-refractivity contribution is -0.124. The van der Waals surface area contributed by atoms with Crippen LogP contribution in [0.15, 0.2) is 22.8 Å². The summed E-state index contributed by atoms with van der Waals surface area (Å²) in [6, 6.07) is 2.76. The second-order valence-electron chi connectivity index (χ2n) is 2.37. The summed E-state index contributed by atoms with van der Waals surface area (Å²) >= 11 is 0. The summed E-state index contributed by atoms with van der Waals surface area (Å²) in [5.74, 6) is -2.15. The number of furan rings is 1. The van der Waals surface area contributed by atoms with E-state index in [0.29, 0.717) is 0 Å². The molecule has 1 atom stereocenters. The van der Waals surface area contributed by atoms with Crippen LogP contribution in [0.2, 0.25) is 0 Å². The van der Waals surface area contributed by atoms with Crippen molar-refractivity contribution in [3.05, 3.63) is 24.2 Å². The first-order valence-corrected chi connectivity index (χ1v) is 3.57. The molecule has 0 saturated carbocycles. The van der Waals surface area contributed by atoms with Crippen LogP contribution in [0.5, 0.6) is 0 Å². The van der Waals surface area contributed by atoms with Crippen molar-refractivity contribution in [3.8, 4) is 0 Å². The topological polar surface area (TPSA) is 87.7 Å². The highest BCUT2D eigenvalue weighted by Gasteiger charge is 2.25. The van der Waals surface area contributed by atoms with Gasteiger partial charge in [-0.1, -0.05) is 0 Å². The molecule has 0 aliphatic heterocycles. The van der Waals surface area contributed by atoms with Crippen LogP contribution < -0.4 is 0 Å². The summed E-state index contributed by atoms with van der Waals surface area (Å²) < 4.78 is 4.65. The first kappa shape index (κ1) is 9.63. The molecule has 0 amide bonds. The number of rotatable bonds is 4. The highest BCUT2D eigenvalue weighted by Crippen LogP contribution is 2.03. The number of aliphatic hydroxyl groups is 2. The third-order valence-corrected chi connectivity index (χ3v) is 1.44. The van der Waals surface area contributed by atoms with E-state index >= 15 is 0 Å². The molecular formula is C8H8O5. The maximum atomic E-state index is 11.1. The second-order valence-corrected chi connectivity index (χ2v) is 2.37. The van der Waals surface area contributed by atoms with Gasteiger partial charge in [-0.3, -0.25) is 9.59 Å². The SMILES string of the molecule is O=C(C(=O)C(O)CO)c1ccco1. The molecule has 1 aromatic rings. The van der Waals surface area contributed by atoms with Crippen molar-refractivity contribution in [3.63, 3.8) is 0 Å². The molecule has 1 aromatic heterocycles. The maximum absolute atomic E-state index is 11.1. The molecule has 1 unspecified atom stereocenters. The van der Waals surface area contributed by atoms with E-state index in [4.69, 9.17) is 10.2 Å². The standard InChI is InChI=1S/C8H8O5/c9-4-5(10)7(11)8(12)6-2-1-3-13-6/h1-3,5,9-10H,4H2. The predicted octanol–water partition coefficient (Wildman–Crippen LogP) is -0.615.